The summed E-state index contributed by atoms with van der Waals surface area (Å²) in [4.78, 5) is 0.0513. The van der Waals surface area contributed by atoms with Crippen LogP contribution in [0.2, 0.25) is 0 Å². The van der Waals surface area contributed by atoms with E-state index in [-0.39, 0.29) is 10.7 Å². The van der Waals surface area contributed by atoms with E-state index in [9.17, 15) is 8.42 Å². The van der Waals surface area contributed by atoms with Gasteiger partial charge in [-0.25, -0.2) is 8.42 Å². The largest absolute Gasteiger partial charge is 0.263 e. The minimum atomic E-state index is -3.78. The first-order valence-corrected chi connectivity index (χ1v) is 8.49. The van der Waals surface area contributed by atoms with Crippen molar-refractivity contribution in [3.63, 3.8) is 0 Å². The molecular formula is C17H12N4O2S. The average molecular weight is 336 g/mol. The molecular weight excluding hydrogens is 324 g/mol. The standard InChI is InChI=1S/C17H12N4O2S/c18-12-13-6-8-15(9-7-13)24(22,23)21-17-11-10-16(19-20-17)14-4-2-1-3-5-14/h1-11H,(H,20,21). The van der Waals surface area contributed by atoms with Crippen molar-refractivity contribution in [2.75, 3.05) is 4.72 Å². The predicted molar refractivity (Wildman–Crippen MR) is 89.4 cm³/mol. The van der Waals surface area contributed by atoms with E-state index in [4.69, 9.17) is 5.26 Å². The van der Waals surface area contributed by atoms with Gasteiger partial charge in [0.1, 0.15) is 0 Å². The molecule has 0 spiro atoms. The second kappa shape index (κ2) is 6.48. The molecule has 3 rings (SSSR count). The molecule has 0 aliphatic carbocycles. The fourth-order valence-electron chi connectivity index (χ4n) is 2.05. The van der Waals surface area contributed by atoms with Crippen molar-refractivity contribution in [2.45, 2.75) is 4.90 Å². The van der Waals surface area contributed by atoms with E-state index < -0.39 is 10.0 Å². The summed E-state index contributed by atoms with van der Waals surface area (Å²) in [7, 11) is -3.78. The van der Waals surface area contributed by atoms with E-state index in [2.05, 4.69) is 14.9 Å². The van der Waals surface area contributed by atoms with Crippen molar-refractivity contribution >= 4 is 15.8 Å². The highest BCUT2D eigenvalue weighted by molar-refractivity contribution is 7.92. The maximum Gasteiger partial charge on any atom is 0.263 e. The Kier molecular flexibility index (Phi) is 4.22. The zero-order chi connectivity index (χ0) is 17.0. The molecule has 3 aromatic rings. The summed E-state index contributed by atoms with van der Waals surface area (Å²) in [5.41, 5.74) is 1.93. The number of sulfonamides is 1. The number of hydrogen-bond acceptors (Lipinski definition) is 5. The quantitative estimate of drug-likeness (QED) is 0.790. The SMILES string of the molecule is N#Cc1ccc(S(=O)(=O)Nc2ccc(-c3ccccc3)nn2)cc1. The number of nitriles is 1. The summed E-state index contributed by atoms with van der Waals surface area (Å²) in [6.45, 7) is 0. The van der Waals surface area contributed by atoms with Crippen LogP contribution in [-0.4, -0.2) is 18.6 Å². The second-order valence-electron chi connectivity index (χ2n) is 4.91. The highest BCUT2D eigenvalue weighted by atomic mass is 32.2. The van der Waals surface area contributed by atoms with Crippen LogP contribution >= 0.6 is 0 Å². The summed E-state index contributed by atoms with van der Waals surface area (Å²) < 4.78 is 27.0. The molecule has 118 valence electrons. The minimum absolute atomic E-state index is 0.0513. The van der Waals surface area contributed by atoms with Crippen molar-refractivity contribution in [3.8, 4) is 17.3 Å². The Labute approximate surface area is 139 Å². The number of nitrogens with zero attached hydrogens (tertiary/aromatic N) is 3. The van der Waals surface area contributed by atoms with Gasteiger partial charge < -0.3 is 0 Å². The molecule has 0 saturated heterocycles. The first kappa shape index (κ1) is 15.6. The molecule has 6 nitrogen and oxygen atoms in total. The molecule has 0 unspecified atom stereocenters. The van der Waals surface area contributed by atoms with E-state index >= 15 is 0 Å². The molecule has 0 bridgehead atoms. The van der Waals surface area contributed by atoms with Gasteiger partial charge in [-0.2, -0.15) is 5.26 Å². The summed E-state index contributed by atoms with van der Waals surface area (Å²) in [5.74, 6) is 0.124. The Bertz CT molecular complexity index is 978. The maximum atomic E-state index is 12.3. The van der Waals surface area contributed by atoms with Crippen LogP contribution in [0.5, 0.6) is 0 Å². The van der Waals surface area contributed by atoms with Crippen LogP contribution in [0.1, 0.15) is 5.56 Å². The number of aromatic nitrogens is 2. The number of nitrogens with one attached hydrogen (secondary N) is 1. The Balaban J connectivity index is 1.81. The number of anilines is 1. The van der Waals surface area contributed by atoms with Gasteiger partial charge in [0, 0.05) is 5.56 Å². The number of benzene rings is 2. The van der Waals surface area contributed by atoms with Gasteiger partial charge in [0.25, 0.3) is 10.0 Å². The third-order valence-corrected chi connectivity index (χ3v) is 4.64. The maximum absolute atomic E-state index is 12.3. The molecule has 24 heavy (non-hydrogen) atoms. The first-order chi connectivity index (χ1) is 11.6. The van der Waals surface area contributed by atoms with Crippen molar-refractivity contribution in [3.05, 3.63) is 72.3 Å². The number of rotatable bonds is 4. The first-order valence-electron chi connectivity index (χ1n) is 7.01. The molecule has 1 heterocycles. The van der Waals surface area contributed by atoms with Crippen molar-refractivity contribution < 1.29 is 8.42 Å². The van der Waals surface area contributed by atoms with Crippen LogP contribution < -0.4 is 4.72 Å². The van der Waals surface area contributed by atoms with Crippen molar-refractivity contribution in [1.29, 1.82) is 5.26 Å². The second-order valence-corrected chi connectivity index (χ2v) is 6.59. The average Bonchev–Trinajstić information content (AvgIpc) is 2.63. The summed E-state index contributed by atoms with van der Waals surface area (Å²) in [5, 5.41) is 16.7. The lowest BCUT2D eigenvalue weighted by molar-refractivity contribution is 0.601. The molecule has 0 saturated carbocycles. The molecule has 0 radical (unpaired) electrons. The van der Waals surface area contributed by atoms with Crippen LogP contribution in [0, 0.1) is 11.3 Å². The highest BCUT2D eigenvalue weighted by Gasteiger charge is 2.15. The van der Waals surface area contributed by atoms with E-state index in [1.807, 2.05) is 36.4 Å². The van der Waals surface area contributed by atoms with Gasteiger partial charge >= 0.3 is 0 Å². The number of hydrogen-bond donors (Lipinski definition) is 1. The third kappa shape index (κ3) is 3.39. The molecule has 0 amide bonds. The van der Waals surface area contributed by atoms with Crippen LogP contribution in [0.15, 0.2) is 71.6 Å². The van der Waals surface area contributed by atoms with Gasteiger partial charge in [-0.15, -0.1) is 10.2 Å². The topological polar surface area (TPSA) is 95.7 Å². The summed E-state index contributed by atoms with van der Waals surface area (Å²) in [6, 6.07) is 20.3. The lowest BCUT2D eigenvalue weighted by Crippen LogP contribution is -2.14. The van der Waals surface area contributed by atoms with Gasteiger partial charge in [-0.3, -0.25) is 4.72 Å². The smallest absolute Gasteiger partial charge is 0.262 e. The highest BCUT2D eigenvalue weighted by Crippen LogP contribution is 2.18. The van der Waals surface area contributed by atoms with Crippen LogP contribution in [-0.2, 0) is 10.0 Å². The summed E-state index contributed by atoms with van der Waals surface area (Å²) >= 11 is 0. The lowest BCUT2D eigenvalue weighted by atomic mass is 10.1. The molecule has 7 heteroatoms. The zero-order valence-electron chi connectivity index (χ0n) is 12.4. The Morgan fingerprint density at radius 1 is 0.875 bits per heavy atom. The lowest BCUT2D eigenvalue weighted by Gasteiger charge is -2.07. The van der Waals surface area contributed by atoms with E-state index in [1.165, 1.54) is 24.3 Å². The van der Waals surface area contributed by atoms with Crippen molar-refractivity contribution in [2.24, 2.45) is 0 Å². The predicted octanol–water partition coefficient (Wildman–Crippen LogP) is 2.82. The van der Waals surface area contributed by atoms with Gasteiger partial charge in [0.2, 0.25) is 0 Å². The van der Waals surface area contributed by atoms with Gasteiger partial charge in [-0.05, 0) is 36.4 Å². The normalized spacial score (nSPS) is 10.8. The Hall–Kier alpha value is -3.24. The van der Waals surface area contributed by atoms with Gasteiger partial charge in [0.05, 0.1) is 22.2 Å². The molecule has 1 N–H and O–H groups in total. The third-order valence-electron chi connectivity index (χ3n) is 3.27. The van der Waals surface area contributed by atoms with Crippen LogP contribution in [0.4, 0.5) is 5.82 Å². The molecule has 0 aliphatic heterocycles. The van der Waals surface area contributed by atoms with E-state index in [1.54, 1.807) is 12.1 Å². The van der Waals surface area contributed by atoms with Crippen LogP contribution in [0.3, 0.4) is 0 Å². The summed E-state index contributed by atoms with van der Waals surface area (Å²) in [6.07, 6.45) is 0. The Morgan fingerprint density at radius 2 is 1.58 bits per heavy atom. The zero-order valence-corrected chi connectivity index (χ0v) is 13.2. The molecule has 0 fully saturated rings. The fourth-order valence-corrected chi connectivity index (χ4v) is 3.05. The molecule has 0 atom stereocenters. The Morgan fingerprint density at radius 3 is 2.17 bits per heavy atom. The van der Waals surface area contributed by atoms with Gasteiger partial charge in [-0.1, -0.05) is 30.3 Å². The minimum Gasteiger partial charge on any atom is -0.262 e. The van der Waals surface area contributed by atoms with E-state index in [0.29, 0.717) is 11.3 Å². The van der Waals surface area contributed by atoms with Crippen molar-refractivity contribution in [1.82, 2.24) is 10.2 Å². The molecule has 2 aromatic carbocycles. The fraction of sp³-hybridized carbons (Fsp3) is 0. The molecule has 1 aromatic heterocycles. The van der Waals surface area contributed by atoms with E-state index in [0.717, 1.165) is 5.56 Å². The molecule has 0 aliphatic rings. The van der Waals surface area contributed by atoms with Crippen LogP contribution in [0.25, 0.3) is 11.3 Å². The van der Waals surface area contributed by atoms with Gasteiger partial charge in [0.15, 0.2) is 5.82 Å². The monoisotopic (exact) mass is 336 g/mol.